The number of nitrogens with two attached hydrogens (primary N) is 1. The van der Waals surface area contributed by atoms with E-state index < -0.39 is 12.0 Å². The van der Waals surface area contributed by atoms with Crippen LogP contribution in [-0.4, -0.2) is 45.4 Å². The van der Waals surface area contributed by atoms with Gasteiger partial charge < -0.3 is 25.3 Å². The molecule has 0 spiro atoms. The molecule has 2 rings (SSSR count). The first-order valence-corrected chi connectivity index (χ1v) is 7.93. The Morgan fingerprint density at radius 3 is 2.67 bits per heavy atom. The molecule has 1 unspecified atom stereocenters. The van der Waals surface area contributed by atoms with Crippen LogP contribution in [0.2, 0.25) is 0 Å². The van der Waals surface area contributed by atoms with E-state index in [2.05, 4.69) is 5.32 Å². The van der Waals surface area contributed by atoms with E-state index in [0.717, 1.165) is 18.4 Å². The summed E-state index contributed by atoms with van der Waals surface area (Å²) in [6.45, 7) is 1.57. The quantitative estimate of drug-likeness (QED) is 0.747. The van der Waals surface area contributed by atoms with Crippen LogP contribution in [0.4, 0.5) is 0 Å². The van der Waals surface area contributed by atoms with E-state index in [1.165, 1.54) is 14.2 Å². The molecular formula is C17H24N2O5. The summed E-state index contributed by atoms with van der Waals surface area (Å²) in [5.41, 5.74) is 7.13. The van der Waals surface area contributed by atoms with E-state index in [-0.39, 0.29) is 18.4 Å². The second kappa shape index (κ2) is 8.65. The molecule has 7 heteroatoms. The number of nitrogens with one attached hydrogen (secondary N) is 1. The Morgan fingerprint density at radius 1 is 1.33 bits per heavy atom. The fraction of sp³-hybridized carbons (Fsp3) is 0.529. The fourth-order valence-electron chi connectivity index (χ4n) is 2.73. The first kappa shape index (κ1) is 18.2. The lowest BCUT2D eigenvalue weighted by Gasteiger charge is -2.26. The summed E-state index contributed by atoms with van der Waals surface area (Å²) in [5.74, 6) is -0.118. The highest BCUT2D eigenvalue weighted by atomic mass is 16.5. The minimum absolute atomic E-state index is 0.139. The molecule has 1 heterocycles. The van der Waals surface area contributed by atoms with Crippen molar-refractivity contribution < 1.29 is 23.8 Å². The van der Waals surface area contributed by atoms with Gasteiger partial charge >= 0.3 is 5.97 Å². The fourth-order valence-corrected chi connectivity index (χ4v) is 2.73. The van der Waals surface area contributed by atoms with Crippen LogP contribution < -0.4 is 15.8 Å². The maximum Gasteiger partial charge on any atom is 0.341 e. The second-order valence-corrected chi connectivity index (χ2v) is 5.72. The molecule has 0 bridgehead atoms. The Labute approximate surface area is 141 Å². The normalized spacial score (nSPS) is 16.3. The van der Waals surface area contributed by atoms with Gasteiger partial charge in [0.1, 0.15) is 11.3 Å². The van der Waals surface area contributed by atoms with Crippen LogP contribution in [0.5, 0.6) is 5.75 Å². The second-order valence-electron chi connectivity index (χ2n) is 5.72. The minimum Gasteiger partial charge on any atom is -0.496 e. The largest absolute Gasteiger partial charge is 0.496 e. The van der Waals surface area contributed by atoms with Crippen molar-refractivity contribution in [3.05, 3.63) is 29.3 Å². The molecule has 24 heavy (non-hydrogen) atoms. The Morgan fingerprint density at radius 2 is 2.04 bits per heavy atom. The number of benzene rings is 1. The number of amides is 1. The van der Waals surface area contributed by atoms with Gasteiger partial charge in [0, 0.05) is 19.8 Å². The molecule has 7 nitrogen and oxygen atoms in total. The number of esters is 1. The number of hydrogen-bond donors (Lipinski definition) is 2. The van der Waals surface area contributed by atoms with E-state index >= 15 is 0 Å². The average Bonchev–Trinajstić information content (AvgIpc) is 2.65. The van der Waals surface area contributed by atoms with Gasteiger partial charge in [-0.25, -0.2) is 4.79 Å². The smallest absolute Gasteiger partial charge is 0.341 e. The average molecular weight is 336 g/mol. The number of methoxy groups -OCH3 is 2. The van der Waals surface area contributed by atoms with Gasteiger partial charge in [0.25, 0.3) is 0 Å². The van der Waals surface area contributed by atoms with Gasteiger partial charge in [0.2, 0.25) is 5.91 Å². The minimum atomic E-state index is -0.549. The van der Waals surface area contributed by atoms with Crippen molar-refractivity contribution in [1.29, 1.82) is 0 Å². The SMILES string of the molecule is COC(=O)c1cc(CNC(=O)C(N)C2CCOCC2)ccc1OC. The van der Waals surface area contributed by atoms with Crippen molar-refractivity contribution in [3.63, 3.8) is 0 Å². The maximum atomic E-state index is 12.2. The molecule has 1 aliphatic rings. The Kier molecular flexibility index (Phi) is 6.57. The third-order valence-corrected chi connectivity index (χ3v) is 4.21. The van der Waals surface area contributed by atoms with E-state index in [1.54, 1.807) is 18.2 Å². The molecule has 1 saturated heterocycles. The molecule has 132 valence electrons. The number of ether oxygens (including phenoxy) is 3. The van der Waals surface area contributed by atoms with Gasteiger partial charge in [-0.05, 0) is 36.5 Å². The van der Waals surface area contributed by atoms with Gasteiger partial charge in [-0.3, -0.25) is 4.79 Å². The molecule has 0 aliphatic carbocycles. The molecular weight excluding hydrogens is 312 g/mol. The molecule has 1 atom stereocenters. The lowest BCUT2D eigenvalue weighted by atomic mass is 9.92. The van der Waals surface area contributed by atoms with E-state index in [4.69, 9.17) is 19.9 Å². The topological polar surface area (TPSA) is 99.9 Å². The van der Waals surface area contributed by atoms with E-state index in [0.29, 0.717) is 24.5 Å². The molecule has 0 radical (unpaired) electrons. The molecule has 3 N–H and O–H groups in total. The van der Waals surface area contributed by atoms with Crippen molar-refractivity contribution in [3.8, 4) is 5.75 Å². The highest BCUT2D eigenvalue weighted by Crippen LogP contribution is 2.21. The Balaban J connectivity index is 1.98. The highest BCUT2D eigenvalue weighted by molar-refractivity contribution is 5.92. The zero-order valence-corrected chi connectivity index (χ0v) is 14.0. The van der Waals surface area contributed by atoms with Crippen molar-refractivity contribution >= 4 is 11.9 Å². The van der Waals surface area contributed by atoms with Gasteiger partial charge in [-0.2, -0.15) is 0 Å². The van der Waals surface area contributed by atoms with Gasteiger partial charge in [-0.15, -0.1) is 0 Å². The zero-order valence-electron chi connectivity index (χ0n) is 14.0. The van der Waals surface area contributed by atoms with Crippen LogP contribution in [0.25, 0.3) is 0 Å². The highest BCUT2D eigenvalue weighted by Gasteiger charge is 2.26. The summed E-state index contributed by atoms with van der Waals surface area (Å²) >= 11 is 0. The molecule has 1 aliphatic heterocycles. The first-order valence-electron chi connectivity index (χ1n) is 7.93. The Bertz CT molecular complexity index is 584. The molecule has 1 aromatic rings. The lowest BCUT2D eigenvalue weighted by Crippen LogP contribution is -2.46. The van der Waals surface area contributed by atoms with Crippen molar-refractivity contribution in [2.24, 2.45) is 11.7 Å². The molecule has 1 fully saturated rings. The summed E-state index contributed by atoms with van der Waals surface area (Å²) in [6, 6.07) is 4.55. The summed E-state index contributed by atoms with van der Waals surface area (Å²) in [7, 11) is 2.79. The molecule has 1 aromatic carbocycles. The van der Waals surface area contributed by atoms with Crippen LogP contribution in [0.3, 0.4) is 0 Å². The number of hydrogen-bond acceptors (Lipinski definition) is 6. The summed E-state index contributed by atoms with van der Waals surface area (Å²) in [4.78, 5) is 24.0. The predicted octanol–water partition coefficient (Wildman–Crippen LogP) is 0.852. The van der Waals surface area contributed by atoms with Crippen molar-refractivity contribution in [2.45, 2.75) is 25.4 Å². The zero-order chi connectivity index (χ0) is 17.5. The predicted molar refractivity (Wildman–Crippen MR) is 87.7 cm³/mol. The van der Waals surface area contributed by atoms with Crippen molar-refractivity contribution in [2.75, 3.05) is 27.4 Å². The van der Waals surface area contributed by atoms with Crippen LogP contribution >= 0.6 is 0 Å². The van der Waals surface area contributed by atoms with Crippen LogP contribution in [0.1, 0.15) is 28.8 Å². The summed E-state index contributed by atoms with van der Waals surface area (Å²) < 4.78 is 15.2. The van der Waals surface area contributed by atoms with Gasteiger partial charge in [-0.1, -0.05) is 6.07 Å². The monoisotopic (exact) mass is 336 g/mol. The van der Waals surface area contributed by atoms with E-state index in [9.17, 15) is 9.59 Å². The first-order chi connectivity index (χ1) is 11.6. The third-order valence-electron chi connectivity index (χ3n) is 4.21. The van der Waals surface area contributed by atoms with Crippen LogP contribution in [0, 0.1) is 5.92 Å². The molecule has 0 saturated carbocycles. The molecule has 0 aromatic heterocycles. The number of rotatable bonds is 6. The molecule has 1 amide bonds. The van der Waals surface area contributed by atoms with Crippen LogP contribution in [-0.2, 0) is 20.8 Å². The number of carbonyl (C=O) groups excluding carboxylic acids is 2. The number of carbonyl (C=O) groups is 2. The van der Waals surface area contributed by atoms with Gasteiger partial charge in [0.05, 0.1) is 20.3 Å². The standard InChI is InChI=1S/C17H24N2O5/c1-22-14-4-3-11(9-13(14)17(21)23-2)10-19-16(20)15(18)12-5-7-24-8-6-12/h3-4,9,12,15H,5-8,10,18H2,1-2H3,(H,19,20). The lowest BCUT2D eigenvalue weighted by molar-refractivity contribution is -0.124. The van der Waals surface area contributed by atoms with Gasteiger partial charge in [0.15, 0.2) is 0 Å². The Hall–Kier alpha value is -2.12. The van der Waals surface area contributed by atoms with Crippen molar-refractivity contribution in [1.82, 2.24) is 5.32 Å². The van der Waals surface area contributed by atoms with E-state index in [1.807, 2.05) is 0 Å². The third kappa shape index (κ3) is 4.46. The maximum absolute atomic E-state index is 12.2. The van der Waals surface area contributed by atoms with Crippen LogP contribution in [0.15, 0.2) is 18.2 Å². The summed E-state index contributed by atoms with van der Waals surface area (Å²) in [5, 5.41) is 2.82. The summed E-state index contributed by atoms with van der Waals surface area (Å²) in [6.07, 6.45) is 1.59.